The lowest BCUT2D eigenvalue weighted by molar-refractivity contribution is -0.122. The van der Waals surface area contributed by atoms with Crippen LogP contribution in [0.5, 0.6) is 0 Å². The summed E-state index contributed by atoms with van der Waals surface area (Å²) in [4.78, 5) is 16.6. The first kappa shape index (κ1) is 14.9. The Morgan fingerprint density at radius 1 is 1.50 bits per heavy atom. The number of imidazole rings is 1. The lowest BCUT2D eigenvalue weighted by atomic mass is 10.3. The van der Waals surface area contributed by atoms with Crippen LogP contribution in [-0.2, 0) is 17.1 Å². The fourth-order valence-corrected chi connectivity index (χ4v) is 2.53. The second-order valence-corrected chi connectivity index (χ2v) is 5.55. The molecular formula is C14H19N3O2S. The highest BCUT2D eigenvalue weighted by atomic mass is 32.2. The van der Waals surface area contributed by atoms with Gasteiger partial charge in [-0.25, -0.2) is 4.98 Å². The van der Waals surface area contributed by atoms with Gasteiger partial charge in [0.25, 0.3) is 0 Å². The minimum absolute atomic E-state index is 0.0614. The number of para-hydroxylation sites is 2. The number of aliphatic hydroxyl groups is 1. The molecule has 2 rings (SSSR count). The van der Waals surface area contributed by atoms with E-state index < -0.39 is 0 Å². The molecule has 0 spiro atoms. The molecule has 0 aliphatic carbocycles. The number of aliphatic hydroxyl groups excluding tert-OH is 1. The third-order valence-electron chi connectivity index (χ3n) is 2.99. The summed E-state index contributed by atoms with van der Waals surface area (Å²) < 4.78 is 1.94. The van der Waals surface area contributed by atoms with Crippen molar-refractivity contribution in [1.82, 2.24) is 14.9 Å². The number of amides is 1. The third-order valence-corrected chi connectivity index (χ3v) is 3.54. The van der Waals surface area contributed by atoms with Crippen molar-refractivity contribution >= 4 is 28.7 Å². The molecule has 2 N–H and O–H groups in total. The van der Waals surface area contributed by atoms with E-state index in [9.17, 15) is 4.79 Å². The van der Waals surface area contributed by atoms with Crippen molar-refractivity contribution in [3.8, 4) is 0 Å². The van der Waals surface area contributed by atoms with Gasteiger partial charge < -0.3 is 15.0 Å². The summed E-state index contributed by atoms with van der Waals surface area (Å²) in [6, 6.07) is 7.56. The Morgan fingerprint density at radius 3 is 2.95 bits per heavy atom. The van der Waals surface area contributed by atoms with E-state index in [1.54, 1.807) is 18.7 Å². The molecule has 1 aromatic carbocycles. The number of carbonyl (C=O) groups excluding carboxylic acids is 1. The van der Waals surface area contributed by atoms with E-state index in [0.29, 0.717) is 0 Å². The number of fused-ring (bicyclic) bond motifs is 1. The molecule has 0 aliphatic heterocycles. The first-order valence-corrected chi connectivity index (χ1v) is 7.88. The van der Waals surface area contributed by atoms with Crippen LogP contribution >= 0.6 is 11.8 Å². The minimum Gasteiger partial charge on any atom is -0.394 e. The molecule has 5 nitrogen and oxygen atoms in total. The van der Waals surface area contributed by atoms with Gasteiger partial charge in [-0.15, -0.1) is 0 Å². The van der Waals surface area contributed by atoms with Crippen LogP contribution in [0.2, 0.25) is 0 Å². The van der Waals surface area contributed by atoms with Crippen LogP contribution in [-0.4, -0.2) is 39.5 Å². The van der Waals surface area contributed by atoms with Crippen LogP contribution in [0, 0.1) is 0 Å². The van der Waals surface area contributed by atoms with Gasteiger partial charge in [-0.1, -0.05) is 12.1 Å². The van der Waals surface area contributed by atoms with E-state index in [0.717, 1.165) is 22.6 Å². The molecule has 0 fully saturated rings. The molecule has 0 saturated heterocycles. The maximum absolute atomic E-state index is 12.0. The van der Waals surface area contributed by atoms with Crippen molar-refractivity contribution in [2.24, 2.45) is 0 Å². The maximum atomic E-state index is 12.0. The number of benzene rings is 1. The summed E-state index contributed by atoms with van der Waals surface area (Å²) in [7, 11) is 0. The van der Waals surface area contributed by atoms with Crippen LogP contribution < -0.4 is 5.32 Å². The molecule has 1 aromatic heterocycles. The van der Waals surface area contributed by atoms with E-state index in [1.807, 2.05) is 35.1 Å². The van der Waals surface area contributed by atoms with Crippen molar-refractivity contribution in [2.75, 3.05) is 12.9 Å². The molecule has 0 aliphatic rings. The van der Waals surface area contributed by atoms with Gasteiger partial charge in [0, 0.05) is 6.04 Å². The van der Waals surface area contributed by atoms with Gasteiger partial charge >= 0.3 is 0 Å². The van der Waals surface area contributed by atoms with E-state index in [1.165, 1.54) is 0 Å². The Labute approximate surface area is 122 Å². The normalized spacial score (nSPS) is 12.6. The van der Waals surface area contributed by atoms with Gasteiger partial charge in [-0.05, 0) is 25.3 Å². The van der Waals surface area contributed by atoms with Gasteiger partial charge in [-0.2, -0.15) is 11.8 Å². The largest absolute Gasteiger partial charge is 0.394 e. The van der Waals surface area contributed by atoms with E-state index >= 15 is 0 Å². The number of hydrogen-bond acceptors (Lipinski definition) is 4. The summed E-state index contributed by atoms with van der Waals surface area (Å²) in [6.07, 6.45) is 2.01. The molecular weight excluding hydrogens is 274 g/mol. The van der Waals surface area contributed by atoms with Crippen molar-refractivity contribution in [3.63, 3.8) is 0 Å². The average molecular weight is 293 g/mol. The molecule has 1 heterocycles. The van der Waals surface area contributed by atoms with Gasteiger partial charge in [0.1, 0.15) is 12.4 Å². The maximum Gasteiger partial charge on any atom is 0.240 e. The fourth-order valence-electron chi connectivity index (χ4n) is 2.05. The zero-order chi connectivity index (χ0) is 14.5. The summed E-state index contributed by atoms with van der Waals surface area (Å²) >= 11 is 1.67. The number of nitrogens with one attached hydrogen (secondary N) is 1. The Morgan fingerprint density at radius 2 is 2.25 bits per heavy atom. The predicted octanol–water partition coefficient (Wildman–Crippen LogP) is 1.40. The van der Waals surface area contributed by atoms with Crippen molar-refractivity contribution in [2.45, 2.75) is 25.3 Å². The Hall–Kier alpha value is -1.53. The van der Waals surface area contributed by atoms with Crippen LogP contribution in [0.3, 0.4) is 0 Å². The summed E-state index contributed by atoms with van der Waals surface area (Å²) in [5.41, 5.74) is 1.86. The number of carbonyl (C=O) groups is 1. The SMILES string of the molecule is CSCc1nc2ccccc2n1CC(=O)NC(C)CO. The number of rotatable bonds is 6. The quantitative estimate of drug-likeness (QED) is 0.845. The molecule has 1 unspecified atom stereocenters. The highest BCUT2D eigenvalue weighted by Crippen LogP contribution is 2.18. The van der Waals surface area contributed by atoms with E-state index in [4.69, 9.17) is 5.11 Å². The standard InChI is InChI=1S/C14H19N3O2S/c1-10(8-18)15-14(19)7-17-12-6-4-3-5-11(12)16-13(17)9-20-2/h3-6,10,18H,7-9H2,1-2H3,(H,15,19). The van der Waals surface area contributed by atoms with Crippen LogP contribution in [0.4, 0.5) is 0 Å². The van der Waals surface area contributed by atoms with Crippen LogP contribution in [0.1, 0.15) is 12.7 Å². The van der Waals surface area contributed by atoms with Gasteiger partial charge in [0.2, 0.25) is 5.91 Å². The Kier molecular flexibility index (Phi) is 5.03. The summed E-state index contributed by atoms with van der Waals surface area (Å²) in [6.45, 7) is 1.93. The first-order valence-electron chi connectivity index (χ1n) is 6.49. The Bertz CT molecular complexity index is 597. The predicted molar refractivity (Wildman–Crippen MR) is 81.6 cm³/mol. The molecule has 20 heavy (non-hydrogen) atoms. The minimum atomic E-state index is -0.235. The molecule has 0 radical (unpaired) electrons. The van der Waals surface area contributed by atoms with Gasteiger partial charge in [-0.3, -0.25) is 4.79 Å². The zero-order valence-corrected chi connectivity index (χ0v) is 12.5. The molecule has 0 bridgehead atoms. The monoisotopic (exact) mass is 293 g/mol. The van der Waals surface area contributed by atoms with E-state index in [-0.39, 0.29) is 25.1 Å². The number of nitrogens with zero attached hydrogens (tertiary/aromatic N) is 2. The van der Waals surface area contributed by atoms with Gasteiger partial charge in [0.05, 0.1) is 23.4 Å². The highest BCUT2D eigenvalue weighted by molar-refractivity contribution is 7.97. The van der Waals surface area contributed by atoms with Gasteiger partial charge in [0.15, 0.2) is 0 Å². The van der Waals surface area contributed by atoms with Crippen molar-refractivity contribution in [1.29, 1.82) is 0 Å². The van der Waals surface area contributed by atoms with Crippen molar-refractivity contribution < 1.29 is 9.90 Å². The average Bonchev–Trinajstić information content (AvgIpc) is 2.77. The second-order valence-electron chi connectivity index (χ2n) is 4.69. The lowest BCUT2D eigenvalue weighted by Crippen LogP contribution is -2.37. The topological polar surface area (TPSA) is 67.2 Å². The molecule has 6 heteroatoms. The molecule has 0 saturated carbocycles. The van der Waals surface area contributed by atoms with E-state index in [2.05, 4.69) is 10.3 Å². The number of hydrogen-bond donors (Lipinski definition) is 2. The van der Waals surface area contributed by atoms with Crippen molar-refractivity contribution in [3.05, 3.63) is 30.1 Å². The molecule has 1 amide bonds. The summed E-state index contributed by atoms with van der Waals surface area (Å²) in [5.74, 6) is 1.54. The third kappa shape index (κ3) is 3.32. The van der Waals surface area contributed by atoms with Crippen LogP contribution in [0.25, 0.3) is 11.0 Å². The first-order chi connectivity index (χ1) is 9.65. The lowest BCUT2D eigenvalue weighted by Gasteiger charge is -2.13. The smallest absolute Gasteiger partial charge is 0.240 e. The zero-order valence-electron chi connectivity index (χ0n) is 11.7. The van der Waals surface area contributed by atoms with Crippen LogP contribution in [0.15, 0.2) is 24.3 Å². The molecule has 1 atom stereocenters. The second kappa shape index (κ2) is 6.76. The molecule has 2 aromatic rings. The Balaban J connectivity index is 2.27. The number of thioether (sulfide) groups is 1. The number of aromatic nitrogens is 2. The summed E-state index contributed by atoms with van der Waals surface area (Å²) in [5, 5.41) is 11.7. The molecule has 108 valence electrons. The fraction of sp³-hybridized carbons (Fsp3) is 0.429. The highest BCUT2D eigenvalue weighted by Gasteiger charge is 2.14.